The van der Waals surface area contributed by atoms with Crippen LogP contribution < -0.4 is 0 Å². The summed E-state index contributed by atoms with van der Waals surface area (Å²) in [6, 6.07) is 18.2. The number of carbonyl (C=O) groups excluding carboxylic acids is 1. The Morgan fingerprint density at radius 3 is 2.30 bits per heavy atom. The van der Waals surface area contributed by atoms with Crippen LogP contribution >= 0.6 is 0 Å². The molecular weight excluding hydrogens is 284 g/mol. The summed E-state index contributed by atoms with van der Waals surface area (Å²) in [6.07, 6.45) is 3.73. The number of ether oxygens (including phenoxy) is 1. The van der Waals surface area contributed by atoms with Crippen LogP contribution in [0.4, 0.5) is 0 Å². The fraction of sp³-hybridized carbons (Fsp3) is 0.190. The van der Waals surface area contributed by atoms with Gasteiger partial charge in [0, 0.05) is 6.08 Å². The van der Waals surface area contributed by atoms with Crippen molar-refractivity contribution >= 4 is 23.2 Å². The van der Waals surface area contributed by atoms with E-state index in [9.17, 15) is 4.79 Å². The molecule has 0 amide bonds. The third kappa shape index (κ3) is 3.42. The van der Waals surface area contributed by atoms with Crippen LogP contribution in [-0.4, -0.2) is 11.6 Å². The summed E-state index contributed by atoms with van der Waals surface area (Å²) in [5.41, 5.74) is 4.76. The first kappa shape index (κ1) is 15.3. The fourth-order valence-electron chi connectivity index (χ4n) is 2.71. The lowest BCUT2D eigenvalue weighted by atomic mass is 9.97. The molecule has 0 heterocycles. The molecule has 0 fully saturated rings. The summed E-state index contributed by atoms with van der Waals surface area (Å²) in [5.74, 6) is -0.314. The van der Waals surface area contributed by atoms with E-state index < -0.39 is 5.60 Å². The quantitative estimate of drug-likeness (QED) is 0.578. The van der Waals surface area contributed by atoms with Gasteiger partial charge in [-0.05, 0) is 54.7 Å². The molecule has 23 heavy (non-hydrogen) atoms. The molecule has 0 saturated carbocycles. The van der Waals surface area contributed by atoms with Crippen LogP contribution in [-0.2, 0) is 9.53 Å². The zero-order valence-electron chi connectivity index (χ0n) is 13.7. The van der Waals surface area contributed by atoms with E-state index in [1.54, 1.807) is 6.08 Å². The van der Waals surface area contributed by atoms with E-state index in [0.717, 1.165) is 27.8 Å². The predicted molar refractivity (Wildman–Crippen MR) is 94.6 cm³/mol. The number of carbonyl (C=O) groups is 1. The normalized spacial score (nSPS) is 15.3. The minimum Gasteiger partial charge on any atom is -0.457 e. The molecule has 116 valence electrons. The molecule has 2 nitrogen and oxygen atoms in total. The van der Waals surface area contributed by atoms with Crippen LogP contribution in [0.15, 0.2) is 60.7 Å². The number of allylic oxidation sites excluding steroid dienone is 2. The van der Waals surface area contributed by atoms with Crippen molar-refractivity contribution in [1.29, 1.82) is 0 Å². The van der Waals surface area contributed by atoms with Crippen LogP contribution in [0.3, 0.4) is 0 Å². The highest BCUT2D eigenvalue weighted by Crippen LogP contribution is 2.41. The lowest BCUT2D eigenvalue weighted by Gasteiger charge is -2.18. The van der Waals surface area contributed by atoms with Gasteiger partial charge in [0.25, 0.3) is 0 Å². The van der Waals surface area contributed by atoms with E-state index in [1.807, 2.05) is 57.2 Å². The smallest absolute Gasteiger partial charge is 0.331 e. The minimum atomic E-state index is -0.497. The molecular formula is C21H20O2. The largest absolute Gasteiger partial charge is 0.457 e. The van der Waals surface area contributed by atoms with Crippen molar-refractivity contribution in [2.75, 3.05) is 0 Å². The molecule has 0 spiro atoms. The molecule has 2 heteroatoms. The highest BCUT2D eigenvalue weighted by atomic mass is 16.6. The van der Waals surface area contributed by atoms with E-state index in [1.165, 1.54) is 0 Å². The number of fused-ring (bicyclic) bond motifs is 1. The van der Waals surface area contributed by atoms with Crippen molar-refractivity contribution in [2.45, 2.75) is 26.4 Å². The molecule has 0 unspecified atom stereocenters. The number of esters is 1. The summed E-state index contributed by atoms with van der Waals surface area (Å²) in [6.45, 7) is 5.62. The van der Waals surface area contributed by atoms with Gasteiger partial charge in [-0.1, -0.05) is 54.6 Å². The first-order chi connectivity index (χ1) is 10.9. The van der Waals surface area contributed by atoms with Gasteiger partial charge in [-0.3, -0.25) is 0 Å². The van der Waals surface area contributed by atoms with Crippen LogP contribution in [0, 0.1) is 0 Å². The zero-order chi connectivity index (χ0) is 16.4. The van der Waals surface area contributed by atoms with Crippen molar-refractivity contribution in [3.8, 4) is 0 Å². The highest BCUT2D eigenvalue weighted by Gasteiger charge is 2.22. The van der Waals surface area contributed by atoms with Crippen molar-refractivity contribution in [1.82, 2.24) is 0 Å². The molecule has 0 bridgehead atoms. The average molecular weight is 304 g/mol. The van der Waals surface area contributed by atoms with Crippen LogP contribution in [0.1, 0.15) is 37.5 Å². The highest BCUT2D eigenvalue weighted by molar-refractivity contribution is 6.20. The minimum absolute atomic E-state index is 0.314. The molecule has 0 atom stereocenters. The molecule has 0 N–H and O–H groups in total. The second-order valence-electron chi connectivity index (χ2n) is 6.60. The Labute approximate surface area is 137 Å². The third-order valence-electron chi connectivity index (χ3n) is 3.59. The fourth-order valence-corrected chi connectivity index (χ4v) is 2.71. The standard InChI is InChI=1S/C21H20O2/c1-21(2,3)23-20(22)14-19-17-12-8-7-11-16(17)13-18(19)15-9-5-4-6-10-15/h4-14H,1-3H3/b19-14-. The van der Waals surface area contributed by atoms with Gasteiger partial charge in [0.05, 0.1) is 0 Å². The van der Waals surface area contributed by atoms with E-state index in [4.69, 9.17) is 4.74 Å². The number of hydrogen-bond donors (Lipinski definition) is 0. The first-order valence-corrected chi connectivity index (χ1v) is 7.76. The predicted octanol–water partition coefficient (Wildman–Crippen LogP) is 4.97. The monoisotopic (exact) mass is 304 g/mol. The van der Waals surface area contributed by atoms with Gasteiger partial charge in [-0.25, -0.2) is 4.79 Å². The van der Waals surface area contributed by atoms with Crippen LogP contribution in [0.25, 0.3) is 17.2 Å². The number of rotatable bonds is 2. The molecule has 0 radical (unpaired) electrons. The molecule has 0 aromatic heterocycles. The summed E-state index contributed by atoms with van der Waals surface area (Å²) in [4.78, 5) is 12.3. The zero-order valence-corrected chi connectivity index (χ0v) is 13.7. The lowest BCUT2D eigenvalue weighted by molar-refractivity contribution is -0.148. The molecule has 2 aromatic carbocycles. The summed E-state index contributed by atoms with van der Waals surface area (Å²) < 4.78 is 5.46. The van der Waals surface area contributed by atoms with Crippen molar-refractivity contribution in [3.63, 3.8) is 0 Å². The molecule has 0 aliphatic heterocycles. The Kier molecular flexibility index (Phi) is 3.91. The second-order valence-corrected chi connectivity index (χ2v) is 6.60. The average Bonchev–Trinajstić information content (AvgIpc) is 2.85. The Morgan fingerprint density at radius 1 is 0.957 bits per heavy atom. The van der Waals surface area contributed by atoms with Gasteiger partial charge in [0.15, 0.2) is 0 Å². The number of benzene rings is 2. The Morgan fingerprint density at radius 2 is 1.61 bits per heavy atom. The van der Waals surface area contributed by atoms with Crippen molar-refractivity contribution in [3.05, 3.63) is 77.4 Å². The summed E-state index contributed by atoms with van der Waals surface area (Å²) in [5, 5.41) is 0. The maximum Gasteiger partial charge on any atom is 0.331 e. The van der Waals surface area contributed by atoms with E-state index >= 15 is 0 Å². The third-order valence-corrected chi connectivity index (χ3v) is 3.59. The van der Waals surface area contributed by atoms with Gasteiger partial charge < -0.3 is 4.74 Å². The summed E-state index contributed by atoms with van der Waals surface area (Å²) >= 11 is 0. The van der Waals surface area contributed by atoms with Gasteiger partial charge in [0.1, 0.15) is 5.60 Å². The van der Waals surface area contributed by atoms with E-state index in [2.05, 4.69) is 24.3 Å². The van der Waals surface area contributed by atoms with Crippen molar-refractivity contribution < 1.29 is 9.53 Å². The van der Waals surface area contributed by atoms with Gasteiger partial charge in [-0.2, -0.15) is 0 Å². The van der Waals surface area contributed by atoms with Crippen LogP contribution in [0.2, 0.25) is 0 Å². The van der Waals surface area contributed by atoms with E-state index in [0.29, 0.717) is 0 Å². The molecule has 1 aliphatic carbocycles. The summed E-state index contributed by atoms with van der Waals surface area (Å²) in [7, 11) is 0. The second kappa shape index (κ2) is 5.88. The first-order valence-electron chi connectivity index (χ1n) is 7.76. The Balaban J connectivity index is 2.04. The Hall–Kier alpha value is -2.61. The SMILES string of the molecule is CC(C)(C)OC(=O)/C=C1\C(c2ccccc2)=Cc2ccccc21. The van der Waals surface area contributed by atoms with Gasteiger partial charge in [-0.15, -0.1) is 0 Å². The molecule has 2 aromatic rings. The lowest BCUT2D eigenvalue weighted by Crippen LogP contribution is -2.22. The van der Waals surface area contributed by atoms with Crippen LogP contribution in [0.5, 0.6) is 0 Å². The molecule has 0 saturated heterocycles. The maximum absolute atomic E-state index is 12.3. The maximum atomic E-state index is 12.3. The van der Waals surface area contributed by atoms with Crippen molar-refractivity contribution in [2.24, 2.45) is 0 Å². The topological polar surface area (TPSA) is 26.3 Å². The van der Waals surface area contributed by atoms with Gasteiger partial charge >= 0.3 is 5.97 Å². The van der Waals surface area contributed by atoms with Gasteiger partial charge in [0.2, 0.25) is 0 Å². The van der Waals surface area contributed by atoms with E-state index in [-0.39, 0.29) is 5.97 Å². The number of hydrogen-bond acceptors (Lipinski definition) is 2. The molecule has 1 aliphatic rings. The Bertz CT molecular complexity index is 790. The molecule has 3 rings (SSSR count).